The first-order valence-corrected chi connectivity index (χ1v) is 7.51. The molecule has 24 heavy (non-hydrogen) atoms. The average Bonchev–Trinajstić information content (AvgIpc) is 3.40. The van der Waals surface area contributed by atoms with Gasteiger partial charge in [-0.15, -0.1) is 0 Å². The Morgan fingerprint density at radius 3 is 2.46 bits per heavy atom. The van der Waals surface area contributed by atoms with Crippen LogP contribution in [-0.4, -0.2) is 30.4 Å². The zero-order valence-electron chi connectivity index (χ0n) is 13.1. The molecule has 0 saturated heterocycles. The van der Waals surface area contributed by atoms with E-state index in [-0.39, 0.29) is 6.04 Å². The zero-order valence-corrected chi connectivity index (χ0v) is 13.1. The van der Waals surface area contributed by atoms with Gasteiger partial charge in [0.25, 0.3) is 5.91 Å². The summed E-state index contributed by atoms with van der Waals surface area (Å²) >= 11 is 0. The molecule has 0 heterocycles. The van der Waals surface area contributed by atoms with E-state index in [4.69, 9.17) is 4.74 Å². The van der Waals surface area contributed by atoms with Gasteiger partial charge < -0.3 is 10.1 Å². The summed E-state index contributed by atoms with van der Waals surface area (Å²) in [4.78, 5) is 34.4. The molecule has 1 saturated carbocycles. The third kappa shape index (κ3) is 5.96. The monoisotopic (exact) mass is 329 g/mol. The van der Waals surface area contributed by atoms with E-state index in [0.717, 1.165) is 18.4 Å². The van der Waals surface area contributed by atoms with Gasteiger partial charge in [-0.2, -0.15) is 0 Å². The van der Waals surface area contributed by atoms with Crippen LogP contribution in [0.3, 0.4) is 0 Å². The van der Waals surface area contributed by atoms with Crippen molar-refractivity contribution in [3.8, 4) is 5.75 Å². The van der Waals surface area contributed by atoms with E-state index in [1.165, 1.54) is 6.08 Å². The first kappa shape index (κ1) is 17.3. The summed E-state index contributed by atoms with van der Waals surface area (Å²) in [6.45, 7) is 3.99. The zero-order chi connectivity index (χ0) is 17.4. The number of hydrazine groups is 1. The summed E-state index contributed by atoms with van der Waals surface area (Å²) in [7, 11) is 0. The van der Waals surface area contributed by atoms with Crippen molar-refractivity contribution in [2.75, 3.05) is 6.61 Å². The van der Waals surface area contributed by atoms with Crippen molar-refractivity contribution in [3.05, 3.63) is 48.6 Å². The molecular weight excluding hydrogens is 310 g/mol. The van der Waals surface area contributed by atoms with Crippen LogP contribution in [-0.2, 0) is 14.4 Å². The Bertz CT molecular complexity index is 648. The highest BCUT2D eigenvalue weighted by molar-refractivity contribution is 6.35. The summed E-state index contributed by atoms with van der Waals surface area (Å²) in [6.07, 6.45) is 6.23. The van der Waals surface area contributed by atoms with Gasteiger partial charge in [0, 0.05) is 12.1 Å². The second-order valence-electron chi connectivity index (χ2n) is 5.19. The van der Waals surface area contributed by atoms with E-state index < -0.39 is 17.7 Å². The molecule has 1 aromatic rings. The maximum atomic E-state index is 11.6. The third-order valence-electron chi connectivity index (χ3n) is 3.09. The largest absolute Gasteiger partial charge is 0.490 e. The van der Waals surface area contributed by atoms with Crippen LogP contribution in [0.15, 0.2) is 43.0 Å². The molecule has 1 fully saturated rings. The minimum Gasteiger partial charge on any atom is -0.490 e. The van der Waals surface area contributed by atoms with E-state index in [9.17, 15) is 14.4 Å². The Morgan fingerprint density at radius 1 is 1.12 bits per heavy atom. The standard InChI is InChI=1S/C17H19N3O4/c1-2-11-24-14-8-3-12(4-9-14)5-10-15(21)19-20-17(23)16(22)18-13-6-7-13/h2-5,8-10,13H,1,6-7,11H2,(H,18,22)(H,19,21)(H,20,23)/b10-5+. The third-order valence-corrected chi connectivity index (χ3v) is 3.09. The first-order chi connectivity index (χ1) is 11.6. The SMILES string of the molecule is C=CCOc1ccc(/C=C/C(=O)NNC(=O)C(=O)NC2CC2)cc1. The van der Waals surface area contributed by atoms with Crippen molar-refractivity contribution in [3.63, 3.8) is 0 Å². The summed E-state index contributed by atoms with van der Waals surface area (Å²) < 4.78 is 5.35. The van der Waals surface area contributed by atoms with Gasteiger partial charge in [0.1, 0.15) is 12.4 Å². The molecule has 3 amide bonds. The summed E-state index contributed by atoms with van der Waals surface area (Å²) in [5.41, 5.74) is 4.98. The molecule has 2 rings (SSSR count). The number of carbonyl (C=O) groups is 3. The Balaban J connectivity index is 1.74. The number of benzene rings is 1. The van der Waals surface area contributed by atoms with Gasteiger partial charge in [0.2, 0.25) is 0 Å². The molecular formula is C17H19N3O4. The summed E-state index contributed by atoms with van der Waals surface area (Å²) in [6, 6.07) is 7.18. The quantitative estimate of drug-likeness (QED) is 0.310. The van der Waals surface area contributed by atoms with Gasteiger partial charge in [-0.25, -0.2) is 0 Å². The van der Waals surface area contributed by atoms with Crippen molar-refractivity contribution < 1.29 is 19.1 Å². The highest BCUT2D eigenvalue weighted by Crippen LogP contribution is 2.18. The lowest BCUT2D eigenvalue weighted by Gasteiger charge is -2.05. The molecule has 1 aliphatic rings. The molecule has 0 aliphatic heterocycles. The van der Waals surface area contributed by atoms with Crippen LogP contribution in [0.25, 0.3) is 6.08 Å². The lowest BCUT2D eigenvalue weighted by atomic mass is 10.2. The van der Waals surface area contributed by atoms with E-state index in [0.29, 0.717) is 12.4 Å². The predicted molar refractivity (Wildman–Crippen MR) is 88.6 cm³/mol. The molecule has 0 spiro atoms. The minimum atomic E-state index is -0.896. The lowest BCUT2D eigenvalue weighted by molar-refractivity contribution is -0.140. The predicted octanol–water partition coefficient (Wildman–Crippen LogP) is 0.691. The lowest BCUT2D eigenvalue weighted by Crippen LogP contribution is -2.48. The minimum absolute atomic E-state index is 0.0808. The van der Waals surface area contributed by atoms with Crippen molar-refractivity contribution in [1.29, 1.82) is 0 Å². The Hall–Kier alpha value is -3.09. The molecule has 0 unspecified atom stereocenters. The number of ether oxygens (including phenoxy) is 1. The van der Waals surface area contributed by atoms with Crippen LogP contribution in [0.4, 0.5) is 0 Å². The molecule has 0 bridgehead atoms. The van der Waals surface area contributed by atoms with Crippen LogP contribution >= 0.6 is 0 Å². The highest BCUT2D eigenvalue weighted by atomic mass is 16.5. The van der Waals surface area contributed by atoms with E-state index in [1.807, 2.05) is 0 Å². The maximum Gasteiger partial charge on any atom is 0.327 e. The van der Waals surface area contributed by atoms with Crippen LogP contribution in [0, 0.1) is 0 Å². The van der Waals surface area contributed by atoms with E-state index >= 15 is 0 Å². The second-order valence-corrected chi connectivity index (χ2v) is 5.19. The highest BCUT2D eigenvalue weighted by Gasteiger charge is 2.26. The normalized spacial score (nSPS) is 13.2. The van der Waals surface area contributed by atoms with Crippen LogP contribution in [0.5, 0.6) is 5.75 Å². The van der Waals surface area contributed by atoms with Gasteiger partial charge in [-0.3, -0.25) is 25.2 Å². The van der Waals surface area contributed by atoms with Crippen molar-refractivity contribution in [2.24, 2.45) is 0 Å². The van der Waals surface area contributed by atoms with Crippen LogP contribution in [0.2, 0.25) is 0 Å². The number of rotatable bonds is 6. The molecule has 0 aromatic heterocycles. The molecule has 0 atom stereocenters. The van der Waals surface area contributed by atoms with Gasteiger partial charge >= 0.3 is 11.8 Å². The first-order valence-electron chi connectivity index (χ1n) is 7.51. The average molecular weight is 329 g/mol. The number of hydrogen-bond acceptors (Lipinski definition) is 4. The molecule has 7 heteroatoms. The number of hydrogen-bond donors (Lipinski definition) is 3. The molecule has 3 N–H and O–H groups in total. The molecule has 7 nitrogen and oxygen atoms in total. The van der Waals surface area contributed by atoms with Gasteiger partial charge in [0.15, 0.2) is 0 Å². The summed E-state index contributed by atoms with van der Waals surface area (Å²) in [5.74, 6) is -1.50. The Morgan fingerprint density at radius 2 is 1.83 bits per heavy atom. The molecule has 1 aliphatic carbocycles. The molecule has 1 aromatic carbocycles. The smallest absolute Gasteiger partial charge is 0.327 e. The van der Waals surface area contributed by atoms with Crippen LogP contribution in [0.1, 0.15) is 18.4 Å². The fourth-order valence-electron chi connectivity index (χ4n) is 1.70. The van der Waals surface area contributed by atoms with Gasteiger partial charge in [-0.05, 0) is 36.6 Å². The van der Waals surface area contributed by atoms with E-state index in [1.54, 1.807) is 36.4 Å². The van der Waals surface area contributed by atoms with Gasteiger partial charge in [0.05, 0.1) is 0 Å². The fourth-order valence-corrected chi connectivity index (χ4v) is 1.70. The van der Waals surface area contributed by atoms with Crippen LogP contribution < -0.4 is 20.9 Å². The number of nitrogens with one attached hydrogen (secondary N) is 3. The number of carbonyl (C=O) groups excluding carboxylic acids is 3. The molecule has 0 radical (unpaired) electrons. The van der Waals surface area contributed by atoms with Crippen molar-refractivity contribution in [1.82, 2.24) is 16.2 Å². The number of amides is 3. The topological polar surface area (TPSA) is 96.5 Å². The Labute approximate surface area is 139 Å². The van der Waals surface area contributed by atoms with Crippen molar-refractivity contribution >= 4 is 23.8 Å². The van der Waals surface area contributed by atoms with Gasteiger partial charge in [-0.1, -0.05) is 24.8 Å². The van der Waals surface area contributed by atoms with Crippen molar-refractivity contribution in [2.45, 2.75) is 18.9 Å². The maximum absolute atomic E-state index is 11.6. The second kappa shape index (κ2) is 8.52. The Kier molecular flexibility index (Phi) is 6.13. The summed E-state index contributed by atoms with van der Waals surface area (Å²) in [5, 5.41) is 2.52. The van der Waals surface area contributed by atoms with E-state index in [2.05, 4.69) is 22.7 Å². The fraction of sp³-hybridized carbons (Fsp3) is 0.235. The molecule has 126 valence electrons.